The van der Waals surface area contributed by atoms with E-state index in [1.807, 2.05) is 0 Å². The van der Waals surface area contributed by atoms with Crippen molar-refractivity contribution in [1.82, 2.24) is 5.32 Å². The minimum atomic E-state index is 0.319. The Morgan fingerprint density at radius 3 is 2.58 bits per heavy atom. The van der Waals surface area contributed by atoms with Crippen LogP contribution in [0.3, 0.4) is 0 Å². The molecule has 1 rings (SSSR count). The van der Waals surface area contributed by atoms with Crippen LogP contribution in [0.25, 0.3) is 0 Å². The Bertz CT molecular complexity index is 168. The second-order valence-electron chi connectivity index (χ2n) is 2.83. The summed E-state index contributed by atoms with van der Waals surface area (Å²) in [5.74, 6) is 2.66. The van der Waals surface area contributed by atoms with E-state index in [4.69, 9.17) is 9.81 Å². The molecule has 0 aromatic heterocycles. The Labute approximate surface area is 73.8 Å². The number of hydrogen-bond acceptors (Lipinski definition) is 3. The molecule has 0 spiro atoms. The van der Waals surface area contributed by atoms with Crippen LogP contribution >= 0.6 is 0 Å². The summed E-state index contributed by atoms with van der Waals surface area (Å²) in [6.07, 6.45) is 4.20. The predicted octanol–water partition coefficient (Wildman–Crippen LogP) is 0.333. The molecule has 1 heterocycles. The van der Waals surface area contributed by atoms with Crippen molar-refractivity contribution in [3.8, 4) is 11.9 Å². The van der Waals surface area contributed by atoms with E-state index in [-0.39, 0.29) is 0 Å². The van der Waals surface area contributed by atoms with Crippen molar-refractivity contribution in [1.29, 1.82) is 0 Å². The molecule has 0 saturated carbocycles. The van der Waals surface area contributed by atoms with Crippen molar-refractivity contribution in [2.75, 3.05) is 13.1 Å². The van der Waals surface area contributed by atoms with Crippen molar-refractivity contribution >= 4 is 7.15 Å². The van der Waals surface area contributed by atoms with Gasteiger partial charge in [0.05, 0.1) is 0 Å². The molecule has 0 aromatic rings. The summed E-state index contributed by atoms with van der Waals surface area (Å²) in [4.78, 5) is 0. The number of rotatable bonds is 0. The van der Waals surface area contributed by atoms with E-state index in [0.29, 0.717) is 7.15 Å². The van der Waals surface area contributed by atoms with Gasteiger partial charge in [-0.1, -0.05) is 6.92 Å². The third-order valence-corrected chi connectivity index (χ3v) is 1.67. The van der Waals surface area contributed by atoms with Crippen molar-refractivity contribution in [3.63, 3.8) is 0 Å². The van der Waals surface area contributed by atoms with Gasteiger partial charge in [-0.05, 0) is 31.8 Å². The first-order valence-electron chi connectivity index (χ1n) is 4.10. The Morgan fingerprint density at radius 1 is 1.67 bits per heavy atom. The second-order valence-corrected chi connectivity index (χ2v) is 2.83. The third kappa shape index (κ3) is 7.29. The number of hydrogen-bond donors (Lipinski definition) is 2. The van der Waals surface area contributed by atoms with Gasteiger partial charge >= 0.3 is 28.9 Å². The van der Waals surface area contributed by atoms with E-state index in [9.17, 15) is 0 Å². The van der Waals surface area contributed by atoms with Gasteiger partial charge in [0.2, 0.25) is 0 Å². The standard InChI is InChI=1S/C6H13N.C2HBO2/c1-6-3-2-4-7-5-6;4-2-1-3-5/h6-7H,2-5H2,1H3;4H. The van der Waals surface area contributed by atoms with Gasteiger partial charge in [-0.2, -0.15) is 0 Å². The number of piperidine rings is 1. The molecule has 0 aromatic carbocycles. The van der Waals surface area contributed by atoms with Gasteiger partial charge in [-0.15, -0.1) is 0 Å². The average Bonchev–Trinajstić information content (AvgIpc) is 2.08. The summed E-state index contributed by atoms with van der Waals surface area (Å²) < 4.78 is 9.07. The van der Waals surface area contributed by atoms with Gasteiger partial charge in [0.1, 0.15) is 0 Å². The van der Waals surface area contributed by atoms with Gasteiger partial charge in [-0.3, -0.25) is 0 Å². The zero-order chi connectivity index (χ0) is 9.23. The van der Waals surface area contributed by atoms with Crippen LogP contribution in [0, 0.1) is 17.8 Å². The van der Waals surface area contributed by atoms with Gasteiger partial charge in [0.15, 0.2) is 0 Å². The molecule has 1 atom stereocenters. The number of aliphatic hydroxyl groups is 1. The Hall–Kier alpha value is -0.815. The zero-order valence-electron chi connectivity index (χ0n) is 7.34. The summed E-state index contributed by atoms with van der Waals surface area (Å²) in [5.41, 5.74) is 0. The fraction of sp³-hybridized carbons (Fsp3) is 0.750. The van der Waals surface area contributed by atoms with Crippen LogP contribution in [0.5, 0.6) is 0 Å². The summed E-state index contributed by atoms with van der Waals surface area (Å²) in [6, 6.07) is 0. The first-order valence-corrected chi connectivity index (χ1v) is 4.10. The molecule has 0 bridgehead atoms. The second kappa shape index (κ2) is 8.28. The SMILES string of the molecule is CC1CCCNC1.O=BC#CO. The van der Waals surface area contributed by atoms with Crippen LogP contribution in [0.15, 0.2) is 0 Å². The first kappa shape index (κ1) is 11.2. The quantitative estimate of drug-likeness (QED) is 0.403. The van der Waals surface area contributed by atoms with Crippen LogP contribution in [0.2, 0.25) is 0 Å². The van der Waals surface area contributed by atoms with Crippen molar-refractivity contribution in [2.24, 2.45) is 5.92 Å². The third-order valence-electron chi connectivity index (χ3n) is 1.67. The van der Waals surface area contributed by atoms with Crippen molar-refractivity contribution in [3.05, 3.63) is 0 Å². The van der Waals surface area contributed by atoms with E-state index >= 15 is 0 Å². The van der Waals surface area contributed by atoms with Crippen LogP contribution < -0.4 is 5.32 Å². The van der Waals surface area contributed by atoms with E-state index in [1.165, 1.54) is 32.0 Å². The van der Waals surface area contributed by atoms with E-state index in [1.54, 1.807) is 5.82 Å². The molecule has 1 saturated heterocycles. The Morgan fingerprint density at radius 2 is 2.42 bits per heavy atom. The first-order chi connectivity index (χ1) is 5.81. The molecule has 0 aliphatic carbocycles. The van der Waals surface area contributed by atoms with E-state index in [0.717, 1.165) is 5.92 Å². The summed E-state index contributed by atoms with van der Waals surface area (Å²) >= 11 is 0. The molecule has 2 N–H and O–H groups in total. The molecular formula is C8H14BNO2. The molecule has 0 amide bonds. The topological polar surface area (TPSA) is 49.3 Å². The van der Waals surface area contributed by atoms with Crippen molar-refractivity contribution < 1.29 is 9.81 Å². The van der Waals surface area contributed by atoms with Crippen LogP contribution in [-0.2, 0) is 4.70 Å². The predicted molar refractivity (Wildman–Crippen MR) is 47.4 cm³/mol. The molecule has 0 radical (unpaired) electrons. The number of aliphatic hydroxyl groups excluding tert-OH is 1. The maximum atomic E-state index is 9.07. The summed E-state index contributed by atoms with van der Waals surface area (Å²) in [6.45, 7) is 4.77. The van der Waals surface area contributed by atoms with Crippen LogP contribution in [0.1, 0.15) is 19.8 Å². The van der Waals surface area contributed by atoms with Crippen LogP contribution in [-0.4, -0.2) is 25.3 Å². The minimum absolute atomic E-state index is 0.319. The van der Waals surface area contributed by atoms with Gasteiger partial charge in [0.25, 0.3) is 0 Å². The molecule has 1 fully saturated rings. The Kier molecular flexibility index (Phi) is 7.72. The van der Waals surface area contributed by atoms with Gasteiger partial charge in [-0.25, -0.2) is 0 Å². The molecular weight excluding hydrogens is 153 g/mol. The molecule has 12 heavy (non-hydrogen) atoms. The average molecular weight is 167 g/mol. The van der Waals surface area contributed by atoms with Gasteiger partial charge < -0.3 is 5.32 Å². The molecule has 1 aliphatic rings. The fourth-order valence-electron chi connectivity index (χ4n) is 1.05. The van der Waals surface area contributed by atoms with Gasteiger partial charge in [0, 0.05) is 0 Å². The monoisotopic (exact) mass is 167 g/mol. The maximum absolute atomic E-state index is 9.07. The molecule has 1 aliphatic heterocycles. The van der Waals surface area contributed by atoms with Crippen LogP contribution in [0.4, 0.5) is 0 Å². The number of nitrogens with one attached hydrogen (secondary N) is 1. The fourth-order valence-corrected chi connectivity index (χ4v) is 1.05. The zero-order valence-corrected chi connectivity index (χ0v) is 7.34. The normalized spacial score (nSPS) is 20.6. The molecule has 4 heteroatoms. The Balaban J connectivity index is 0.000000217. The summed E-state index contributed by atoms with van der Waals surface area (Å²) in [7, 11) is 0.319. The molecule has 1 unspecified atom stereocenters. The van der Waals surface area contributed by atoms with E-state index < -0.39 is 0 Å². The molecule has 3 nitrogen and oxygen atoms in total. The van der Waals surface area contributed by atoms with E-state index in [2.05, 4.69) is 12.2 Å². The summed E-state index contributed by atoms with van der Waals surface area (Å²) in [5, 5.41) is 10.8. The van der Waals surface area contributed by atoms with Crippen molar-refractivity contribution in [2.45, 2.75) is 19.8 Å². The molecule has 66 valence electrons.